The summed E-state index contributed by atoms with van der Waals surface area (Å²) in [7, 11) is 3.03. The zero-order valence-corrected chi connectivity index (χ0v) is 16.3. The number of aromatic amines is 1. The van der Waals surface area contributed by atoms with Crippen molar-refractivity contribution >= 4 is 10.9 Å². The van der Waals surface area contributed by atoms with Crippen LogP contribution in [0.3, 0.4) is 0 Å². The first-order chi connectivity index (χ1) is 13.9. The van der Waals surface area contributed by atoms with Crippen LogP contribution in [0.15, 0.2) is 42.5 Å². The second-order valence-corrected chi connectivity index (χ2v) is 7.28. The van der Waals surface area contributed by atoms with Gasteiger partial charge in [0.2, 0.25) is 0 Å². The van der Waals surface area contributed by atoms with E-state index in [4.69, 9.17) is 9.47 Å². The zero-order valence-electron chi connectivity index (χ0n) is 16.3. The molecule has 4 nitrogen and oxygen atoms in total. The molecule has 2 N–H and O–H groups in total. The molecule has 4 rings (SSSR count). The van der Waals surface area contributed by atoms with Gasteiger partial charge in [-0.3, -0.25) is 5.32 Å². The van der Waals surface area contributed by atoms with E-state index in [9.17, 15) is 13.2 Å². The van der Waals surface area contributed by atoms with Crippen LogP contribution in [0.5, 0.6) is 11.5 Å². The monoisotopic (exact) mass is 404 g/mol. The van der Waals surface area contributed by atoms with E-state index >= 15 is 0 Å². The van der Waals surface area contributed by atoms with Gasteiger partial charge in [-0.25, -0.2) is 0 Å². The van der Waals surface area contributed by atoms with Gasteiger partial charge in [-0.15, -0.1) is 0 Å². The van der Waals surface area contributed by atoms with Gasteiger partial charge in [0.15, 0.2) is 11.5 Å². The number of piperidine rings is 1. The Bertz CT molecular complexity index is 1020. The molecular formula is C22H23F3N2O2. The highest BCUT2D eigenvalue weighted by Crippen LogP contribution is 2.50. The summed E-state index contributed by atoms with van der Waals surface area (Å²) in [5.74, 6) is 0.988. The normalized spacial score (nSPS) is 20.0. The minimum atomic E-state index is -4.44. The fourth-order valence-electron chi connectivity index (χ4n) is 4.30. The fraction of sp³-hybridized carbons (Fsp3) is 0.364. The van der Waals surface area contributed by atoms with Crippen LogP contribution in [0, 0.1) is 0 Å². The van der Waals surface area contributed by atoms with E-state index in [1.165, 1.54) is 14.2 Å². The quantitative estimate of drug-likeness (QED) is 0.613. The predicted molar refractivity (Wildman–Crippen MR) is 106 cm³/mol. The van der Waals surface area contributed by atoms with Crippen molar-refractivity contribution in [2.24, 2.45) is 0 Å². The summed E-state index contributed by atoms with van der Waals surface area (Å²) in [6, 6.07) is 12.3. The van der Waals surface area contributed by atoms with E-state index in [1.54, 1.807) is 36.4 Å². The van der Waals surface area contributed by atoms with Crippen molar-refractivity contribution in [2.75, 3.05) is 20.8 Å². The van der Waals surface area contributed by atoms with Crippen LogP contribution in [-0.2, 0) is 5.54 Å². The van der Waals surface area contributed by atoms with Gasteiger partial charge >= 0.3 is 6.18 Å². The van der Waals surface area contributed by atoms with E-state index < -0.39 is 11.7 Å². The lowest BCUT2D eigenvalue weighted by Gasteiger charge is -2.40. The Balaban J connectivity index is 2.02. The highest BCUT2D eigenvalue weighted by Gasteiger charge is 2.58. The number of aromatic nitrogens is 1. The first kappa shape index (κ1) is 19.6. The molecule has 1 saturated heterocycles. The molecule has 29 heavy (non-hydrogen) atoms. The van der Waals surface area contributed by atoms with Gasteiger partial charge < -0.3 is 14.5 Å². The highest BCUT2D eigenvalue weighted by molar-refractivity contribution is 5.92. The van der Waals surface area contributed by atoms with Crippen molar-refractivity contribution < 1.29 is 22.6 Å². The molecule has 0 bridgehead atoms. The van der Waals surface area contributed by atoms with E-state index in [-0.39, 0.29) is 12.0 Å². The Hall–Kier alpha value is -2.67. The molecule has 1 aliphatic heterocycles. The molecule has 0 radical (unpaired) electrons. The summed E-state index contributed by atoms with van der Waals surface area (Å²) < 4.78 is 54.2. The number of ether oxygens (including phenoxy) is 2. The number of alkyl halides is 3. The molecule has 154 valence electrons. The topological polar surface area (TPSA) is 46.3 Å². The number of benzene rings is 2. The molecule has 1 aliphatic rings. The smallest absolute Gasteiger partial charge is 0.410 e. The van der Waals surface area contributed by atoms with Crippen LogP contribution >= 0.6 is 0 Å². The van der Waals surface area contributed by atoms with Crippen LogP contribution in [0.25, 0.3) is 22.2 Å². The summed E-state index contributed by atoms with van der Waals surface area (Å²) in [6.45, 7) is 0.324. The van der Waals surface area contributed by atoms with Gasteiger partial charge in [0.25, 0.3) is 0 Å². The lowest BCUT2D eigenvalue weighted by atomic mass is 9.79. The molecule has 1 unspecified atom stereocenters. The van der Waals surface area contributed by atoms with Gasteiger partial charge in [-0.2, -0.15) is 13.2 Å². The maximum atomic E-state index is 14.5. The number of nitrogens with one attached hydrogen (secondary N) is 2. The SMILES string of the molecule is COc1ccc(-c2[nH]c3ccccc3c2C2(C(F)(F)F)CCCCN2)cc1OC. The van der Waals surface area contributed by atoms with Crippen LogP contribution in [0.2, 0.25) is 0 Å². The molecule has 7 heteroatoms. The summed E-state index contributed by atoms with van der Waals surface area (Å²) in [6.07, 6.45) is -3.20. The Morgan fingerprint density at radius 1 is 0.966 bits per heavy atom. The third-order valence-corrected chi connectivity index (χ3v) is 5.69. The first-order valence-corrected chi connectivity index (χ1v) is 9.56. The Labute approximate surface area is 167 Å². The molecular weight excluding hydrogens is 381 g/mol. The molecule has 1 fully saturated rings. The number of hydrogen-bond acceptors (Lipinski definition) is 3. The van der Waals surface area contributed by atoms with E-state index in [2.05, 4.69) is 10.3 Å². The minimum absolute atomic E-state index is 0.00135. The molecule has 0 spiro atoms. The second-order valence-electron chi connectivity index (χ2n) is 7.28. The van der Waals surface area contributed by atoms with E-state index in [0.717, 1.165) is 6.42 Å². The van der Waals surface area contributed by atoms with E-state index in [0.29, 0.717) is 46.6 Å². The van der Waals surface area contributed by atoms with Crippen LogP contribution < -0.4 is 14.8 Å². The number of para-hydroxylation sites is 1. The molecule has 2 heterocycles. The van der Waals surface area contributed by atoms with Gasteiger partial charge in [0.05, 0.1) is 19.9 Å². The highest BCUT2D eigenvalue weighted by atomic mass is 19.4. The van der Waals surface area contributed by atoms with Gasteiger partial charge in [-0.05, 0) is 50.1 Å². The number of rotatable bonds is 4. The minimum Gasteiger partial charge on any atom is -0.493 e. The third kappa shape index (κ3) is 3.13. The second kappa shape index (κ2) is 7.30. The zero-order chi connectivity index (χ0) is 20.6. The molecule has 2 aromatic carbocycles. The molecule has 0 saturated carbocycles. The number of H-pyrrole nitrogens is 1. The maximum absolute atomic E-state index is 14.5. The largest absolute Gasteiger partial charge is 0.493 e. The summed E-state index contributed by atoms with van der Waals surface area (Å²) in [4.78, 5) is 3.23. The summed E-state index contributed by atoms with van der Waals surface area (Å²) in [5, 5.41) is 3.40. The number of fused-ring (bicyclic) bond motifs is 1. The third-order valence-electron chi connectivity index (χ3n) is 5.69. The first-order valence-electron chi connectivity index (χ1n) is 9.56. The lowest BCUT2D eigenvalue weighted by molar-refractivity contribution is -0.206. The molecule has 1 aromatic heterocycles. The number of hydrogen-bond donors (Lipinski definition) is 2. The Morgan fingerprint density at radius 2 is 1.72 bits per heavy atom. The Morgan fingerprint density at radius 3 is 2.38 bits per heavy atom. The van der Waals surface area contributed by atoms with Crippen molar-refractivity contribution in [3.63, 3.8) is 0 Å². The summed E-state index contributed by atoms with van der Waals surface area (Å²) >= 11 is 0. The van der Waals surface area contributed by atoms with Crippen LogP contribution in [-0.4, -0.2) is 31.9 Å². The van der Waals surface area contributed by atoms with Crippen LogP contribution in [0.4, 0.5) is 13.2 Å². The van der Waals surface area contributed by atoms with Crippen molar-refractivity contribution in [1.29, 1.82) is 0 Å². The van der Waals surface area contributed by atoms with Gasteiger partial charge in [-0.1, -0.05) is 18.2 Å². The van der Waals surface area contributed by atoms with Gasteiger partial charge in [0, 0.05) is 22.0 Å². The van der Waals surface area contributed by atoms with Crippen molar-refractivity contribution in [1.82, 2.24) is 10.3 Å². The summed E-state index contributed by atoms with van der Waals surface area (Å²) in [5.41, 5.74) is -0.132. The average molecular weight is 404 g/mol. The van der Waals surface area contributed by atoms with Crippen molar-refractivity contribution in [3.05, 3.63) is 48.0 Å². The average Bonchev–Trinajstić information content (AvgIpc) is 3.13. The maximum Gasteiger partial charge on any atom is 0.410 e. The number of methoxy groups -OCH3 is 2. The van der Waals surface area contributed by atoms with Crippen LogP contribution in [0.1, 0.15) is 24.8 Å². The molecule has 3 aromatic rings. The molecule has 1 atom stereocenters. The van der Waals surface area contributed by atoms with Crippen molar-refractivity contribution in [3.8, 4) is 22.8 Å². The molecule has 0 aliphatic carbocycles. The molecule has 0 amide bonds. The van der Waals surface area contributed by atoms with Crippen molar-refractivity contribution in [2.45, 2.75) is 31.0 Å². The predicted octanol–water partition coefficient (Wildman–Crippen LogP) is 5.38. The lowest BCUT2D eigenvalue weighted by Crippen LogP contribution is -2.56. The van der Waals surface area contributed by atoms with Gasteiger partial charge in [0.1, 0.15) is 5.54 Å². The number of halogens is 3. The van der Waals surface area contributed by atoms with E-state index in [1.807, 2.05) is 6.07 Å². The standard InChI is InChI=1S/C22H23F3N2O2/c1-28-17-10-9-14(13-18(17)29-2)20-19(15-7-3-4-8-16(15)27-20)21(22(23,24)25)11-5-6-12-26-21/h3-4,7-10,13,26-27H,5-6,11-12H2,1-2H3. The Kier molecular flexibility index (Phi) is 4.94. The fourth-order valence-corrected chi connectivity index (χ4v) is 4.30.